The number of anilines is 3. The molecule has 1 saturated carbocycles. The molecular formula is C19H23N5O2. The van der Waals surface area contributed by atoms with Gasteiger partial charge in [-0.25, -0.2) is 4.98 Å². The van der Waals surface area contributed by atoms with Gasteiger partial charge in [-0.2, -0.15) is 0 Å². The number of hydrogen-bond donors (Lipinski definition) is 4. The molecule has 1 amide bonds. The van der Waals surface area contributed by atoms with Crippen molar-refractivity contribution < 1.29 is 9.53 Å². The minimum atomic E-state index is -0.354. The molecule has 2 aliphatic rings. The van der Waals surface area contributed by atoms with Crippen molar-refractivity contribution in [3.8, 4) is 0 Å². The van der Waals surface area contributed by atoms with Crippen LogP contribution < -0.4 is 21.7 Å². The molecule has 1 aromatic carbocycles. The maximum absolute atomic E-state index is 12.2. The van der Waals surface area contributed by atoms with E-state index in [1.165, 1.54) is 0 Å². The van der Waals surface area contributed by atoms with E-state index in [4.69, 9.17) is 10.5 Å². The van der Waals surface area contributed by atoms with E-state index in [2.05, 4.69) is 20.9 Å². The predicted molar refractivity (Wildman–Crippen MR) is 101 cm³/mol. The average molecular weight is 353 g/mol. The SMILES string of the molecule is COC1C[C@@]1(N)CNc1cc2c(c(Nc3cccc(C)c3)n1)C(=O)NC2. The Morgan fingerprint density at radius 3 is 3.00 bits per heavy atom. The highest BCUT2D eigenvalue weighted by molar-refractivity contribution is 6.03. The van der Waals surface area contributed by atoms with Crippen molar-refractivity contribution >= 4 is 23.2 Å². The molecule has 1 unspecified atom stereocenters. The van der Waals surface area contributed by atoms with Gasteiger partial charge in [-0.1, -0.05) is 12.1 Å². The minimum absolute atomic E-state index is 0.0811. The van der Waals surface area contributed by atoms with Crippen molar-refractivity contribution in [2.75, 3.05) is 24.3 Å². The summed E-state index contributed by atoms with van der Waals surface area (Å²) in [5.74, 6) is 1.14. The monoisotopic (exact) mass is 353 g/mol. The van der Waals surface area contributed by atoms with Gasteiger partial charge in [-0.3, -0.25) is 4.79 Å². The van der Waals surface area contributed by atoms with Crippen LogP contribution >= 0.6 is 0 Å². The summed E-state index contributed by atoms with van der Waals surface area (Å²) < 4.78 is 5.31. The van der Waals surface area contributed by atoms with Crippen molar-refractivity contribution in [3.05, 3.63) is 47.0 Å². The van der Waals surface area contributed by atoms with Gasteiger partial charge in [0.05, 0.1) is 17.2 Å². The van der Waals surface area contributed by atoms with Gasteiger partial charge < -0.3 is 26.4 Å². The van der Waals surface area contributed by atoms with Crippen LogP contribution in [0.4, 0.5) is 17.3 Å². The molecule has 0 bridgehead atoms. The fourth-order valence-corrected chi connectivity index (χ4v) is 3.34. The van der Waals surface area contributed by atoms with Crippen LogP contribution in [0.1, 0.15) is 27.9 Å². The van der Waals surface area contributed by atoms with Crippen LogP contribution in [-0.2, 0) is 11.3 Å². The van der Waals surface area contributed by atoms with Crippen molar-refractivity contribution in [1.82, 2.24) is 10.3 Å². The molecule has 136 valence electrons. The highest BCUT2D eigenvalue weighted by Gasteiger charge is 2.51. The summed E-state index contributed by atoms with van der Waals surface area (Å²) in [6, 6.07) is 9.87. The van der Waals surface area contributed by atoms with Gasteiger partial charge in [-0.15, -0.1) is 0 Å². The normalized spacial score (nSPS) is 23.3. The minimum Gasteiger partial charge on any atom is -0.379 e. The Morgan fingerprint density at radius 2 is 2.27 bits per heavy atom. The molecule has 0 spiro atoms. The van der Waals surface area contributed by atoms with Crippen molar-refractivity contribution in [2.45, 2.75) is 31.5 Å². The molecular weight excluding hydrogens is 330 g/mol. The predicted octanol–water partition coefficient (Wildman–Crippen LogP) is 1.91. The molecule has 7 heteroatoms. The third-order valence-electron chi connectivity index (χ3n) is 4.98. The fourth-order valence-electron chi connectivity index (χ4n) is 3.34. The first-order valence-corrected chi connectivity index (χ1v) is 8.70. The lowest BCUT2D eigenvalue weighted by atomic mass is 10.1. The lowest BCUT2D eigenvalue weighted by Gasteiger charge is -2.16. The molecule has 7 nitrogen and oxygen atoms in total. The summed E-state index contributed by atoms with van der Waals surface area (Å²) in [7, 11) is 1.67. The summed E-state index contributed by atoms with van der Waals surface area (Å²) in [6.45, 7) is 3.10. The van der Waals surface area contributed by atoms with Crippen molar-refractivity contribution in [1.29, 1.82) is 0 Å². The molecule has 5 N–H and O–H groups in total. The van der Waals surface area contributed by atoms with Gasteiger partial charge in [0.15, 0.2) is 0 Å². The first-order valence-electron chi connectivity index (χ1n) is 8.70. The van der Waals surface area contributed by atoms with E-state index in [0.29, 0.717) is 30.3 Å². The molecule has 1 fully saturated rings. The van der Waals surface area contributed by atoms with Crippen LogP contribution in [0.25, 0.3) is 0 Å². The number of nitrogens with two attached hydrogens (primary N) is 1. The van der Waals surface area contributed by atoms with Gasteiger partial charge in [0.25, 0.3) is 5.91 Å². The van der Waals surface area contributed by atoms with E-state index in [-0.39, 0.29) is 17.6 Å². The van der Waals surface area contributed by atoms with E-state index < -0.39 is 0 Å². The second kappa shape index (κ2) is 6.26. The smallest absolute Gasteiger partial charge is 0.255 e. The number of methoxy groups -OCH3 is 1. The van der Waals surface area contributed by atoms with Crippen LogP contribution in [0.2, 0.25) is 0 Å². The van der Waals surface area contributed by atoms with Crippen molar-refractivity contribution in [3.63, 3.8) is 0 Å². The molecule has 2 atom stereocenters. The van der Waals surface area contributed by atoms with Crippen LogP contribution in [0, 0.1) is 6.92 Å². The Morgan fingerprint density at radius 1 is 1.42 bits per heavy atom. The van der Waals surface area contributed by atoms with E-state index in [1.54, 1.807) is 7.11 Å². The van der Waals surface area contributed by atoms with Gasteiger partial charge >= 0.3 is 0 Å². The zero-order valence-electron chi connectivity index (χ0n) is 14.9. The standard InChI is InChI=1S/C19H23N5O2/c1-11-4-3-5-13(6-11)23-17-16-12(9-21-18(16)25)7-15(24-17)22-10-19(20)8-14(19)26-2/h3-7,14H,8-10,20H2,1-2H3,(H,21,25)(H2,22,23,24)/t14?,19-/m1/s1. The maximum Gasteiger partial charge on any atom is 0.255 e. The van der Waals surface area contributed by atoms with E-state index in [0.717, 1.165) is 23.2 Å². The number of benzene rings is 1. The summed E-state index contributed by atoms with van der Waals surface area (Å²) in [6.07, 6.45) is 0.910. The number of amides is 1. The lowest BCUT2D eigenvalue weighted by molar-refractivity contribution is 0.0966. The second-order valence-corrected chi connectivity index (χ2v) is 7.08. The summed E-state index contributed by atoms with van der Waals surface area (Å²) in [5.41, 5.74) is 9.46. The molecule has 1 aliphatic heterocycles. The number of nitrogens with zero attached hydrogens (tertiary/aromatic N) is 1. The first kappa shape index (κ1) is 16.8. The quantitative estimate of drug-likeness (QED) is 0.633. The van der Waals surface area contributed by atoms with Crippen molar-refractivity contribution in [2.24, 2.45) is 5.73 Å². The maximum atomic E-state index is 12.2. The Kier molecular flexibility index (Phi) is 4.05. The number of hydrogen-bond acceptors (Lipinski definition) is 6. The number of aromatic nitrogens is 1. The summed E-state index contributed by atoms with van der Waals surface area (Å²) >= 11 is 0. The first-order chi connectivity index (χ1) is 12.5. The zero-order valence-corrected chi connectivity index (χ0v) is 14.9. The third kappa shape index (κ3) is 3.11. The number of carbonyl (C=O) groups excluding carboxylic acids is 1. The van der Waals surface area contributed by atoms with Crippen LogP contribution in [0.3, 0.4) is 0 Å². The average Bonchev–Trinajstić information content (AvgIpc) is 3.13. The van der Waals surface area contributed by atoms with Crippen LogP contribution in [0.15, 0.2) is 30.3 Å². The van der Waals surface area contributed by atoms with E-state index >= 15 is 0 Å². The topological polar surface area (TPSA) is 101 Å². The molecule has 2 heterocycles. The lowest BCUT2D eigenvalue weighted by Crippen LogP contribution is -2.36. The second-order valence-electron chi connectivity index (χ2n) is 7.08. The molecule has 1 aromatic heterocycles. The fraction of sp³-hybridized carbons (Fsp3) is 0.368. The number of nitrogens with one attached hydrogen (secondary N) is 3. The summed E-state index contributed by atoms with van der Waals surface area (Å²) in [4.78, 5) is 16.8. The highest BCUT2D eigenvalue weighted by atomic mass is 16.5. The van der Waals surface area contributed by atoms with Gasteiger partial charge in [-0.05, 0) is 42.7 Å². The molecule has 1 aliphatic carbocycles. The number of ether oxygens (including phenoxy) is 1. The van der Waals surface area contributed by atoms with Gasteiger partial charge in [0.1, 0.15) is 11.6 Å². The largest absolute Gasteiger partial charge is 0.379 e. The Hall–Kier alpha value is -2.64. The zero-order chi connectivity index (χ0) is 18.3. The van der Waals surface area contributed by atoms with Gasteiger partial charge in [0.2, 0.25) is 0 Å². The molecule has 4 rings (SSSR count). The van der Waals surface area contributed by atoms with E-state index in [1.807, 2.05) is 37.3 Å². The third-order valence-corrected chi connectivity index (χ3v) is 4.98. The molecule has 26 heavy (non-hydrogen) atoms. The number of fused-ring (bicyclic) bond motifs is 1. The molecule has 2 aromatic rings. The molecule has 0 radical (unpaired) electrons. The number of carbonyl (C=O) groups is 1. The number of rotatable bonds is 6. The van der Waals surface area contributed by atoms with Crippen LogP contribution in [0.5, 0.6) is 0 Å². The number of aryl methyl sites for hydroxylation is 1. The highest BCUT2D eigenvalue weighted by Crippen LogP contribution is 2.36. The Labute approximate surface area is 152 Å². The molecule has 0 saturated heterocycles. The van der Waals surface area contributed by atoms with Crippen LogP contribution in [-0.4, -0.2) is 36.2 Å². The number of pyridine rings is 1. The Bertz CT molecular complexity index is 869. The van der Waals surface area contributed by atoms with E-state index in [9.17, 15) is 4.79 Å². The van der Waals surface area contributed by atoms with Gasteiger partial charge in [0, 0.05) is 25.9 Å². The summed E-state index contributed by atoms with van der Waals surface area (Å²) in [5, 5.41) is 9.44. The Balaban J connectivity index is 1.60.